The molecule has 5 heteroatoms. The second-order valence-electron chi connectivity index (χ2n) is 4.82. The summed E-state index contributed by atoms with van der Waals surface area (Å²) in [6.07, 6.45) is 4.02. The largest absolute Gasteiger partial charge is 0.497 e. The van der Waals surface area contributed by atoms with Gasteiger partial charge in [0.2, 0.25) is 5.91 Å². The van der Waals surface area contributed by atoms with Crippen molar-refractivity contribution in [2.75, 3.05) is 32.6 Å². The van der Waals surface area contributed by atoms with Crippen LogP contribution in [0.5, 0.6) is 11.5 Å². The quantitative estimate of drug-likeness (QED) is 0.651. The number of rotatable bonds is 10. The van der Waals surface area contributed by atoms with Crippen LogP contribution >= 0.6 is 0 Å². The van der Waals surface area contributed by atoms with Crippen LogP contribution in [0, 0.1) is 0 Å². The number of ether oxygens (including phenoxy) is 2. The summed E-state index contributed by atoms with van der Waals surface area (Å²) < 4.78 is 10.4. The number of methoxy groups -OCH3 is 2. The fourth-order valence-corrected chi connectivity index (χ4v) is 1.95. The highest BCUT2D eigenvalue weighted by molar-refractivity contribution is 5.92. The van der Waals surface area contributed by atoms with E-state index in [1.54, 1.807) is 32.4 Å². The van der Waals surface area contributed by atoms with Crippen LogP contribution in [0.15, 0.2) is 18.2 Å². The van der Waals surface area contributed by atoms with E-state index in [2.05, 4.69) is 17.6 Å². The van der Waals surface area contributed by atoms with E-state index < -0.39 is 0 Å². The first-order valence-corrected chi connectivity index (χ1v) is 7.43. The van der Waals surface area contributed by atoms with Crippen LogP contribution in [0.2, 0.25) is 0 Å². The highest BCUT2D eigenvalue weighted by Crippen LogP contribution is 2.28. The van der Waals surface area contributed by atoms with Crippen LogP contribution < -0.4 is 20.1 Å². The van der Waals surface area contributed by atoms with Crippen molar-refractivity contribution in [2.24, 2.45) is 0 Å². The first-order valence-electron chi connectivity index (χ1n) is 7.43. The summed E-state index contributed by atoms with van der Waals surface area (Å²) in [5.41, 5.74) is 0.632. The molecule has 0 aromatic heterocycles. The lowest BCUT2D eigenvalue weighted by Crippen LogP contribution is -2.22. The molecule has 0 atom stereocenters. The Labute approximate surface area is 127 Å². The van der Waals surface area contributed by atoms with Crippen molar-refractivity contribution < 1.29 is 14.3 Å². The van der Waals surface area contributed by atoms with Gasteiger partial charge in [-0.25, -0.2) is 0 Å². The van der Waals surface area contributed by atoms with Gasteiger partial charge in [0, 0.05) is 19.0 Å². The van der Waals surface area contributed by atoms with Crippen LogP contribution in [0.1, 0.15) is 32.6 Å². The molecule has 0 spiro atoms. The smallest absolute Gasteiger partial charge is 0.225 e. The van der Waals surface area contributed by atoms with Gasteiger partial charge in [-0.05, 0) is 25.1 Å². The standard InChI is InChI=1S/C16H26N2O3/c1-4-5-6-10-17-11-9-16(19)18-14-12-13(20-2)7-8-15(14)21-3/h7-8,12,17H,4-6,9-11H2,1-3H3,(H,18,19). The third-order valence-electron chi connectivity index (χ3n) is 3.17. The number of carbonyl (C=O) groups excluding carboxylic acids is 1. The van der Waals surface area contributed by atoms with Crippen molar-refractivity contribution in [3.63, 3.8) is 0 Å². The summed E-state index contributed by atoms with van der Waals surface area (Å²) in [4.78, 5) is 11.9. The molecule has 1 amide bonds. The molecule has 0 bridgehead atoms. The molecule has 21 heavy (non-hydrogen) atoms. The summed E-state index contributed by atoms with van der Waals surface area (Å²) in [6, 6.07) is 5.33. The number of hydrogen-bond acceptors (Lipinski definition) is 4. The molecule has 5 nitrogen and oxygen atoms in total. The predicted octanol–water partition coefficient (Wildman–Crippen LogP) is 2.81. The molecule has 0 radical (unpaired) electrons. The molecule has 0 unspecified atom stereocenters. The molecule has 0 saturated heterocycles. The Kier molecular flexibility index (Phi) is 8.28. The van der Waals surface area contributed by atoms with Crippen molar-refractivity contribution in [1.29, 1.82) is 0 Å². The number of carbonyl (C=O) groups is 1. The van der Waals surface area contributed by atoms with Crippen LogP contribution in [0.25, 0.3) is 0 Å². The zero-order chi connectivity index (χ0) is 15.5. The Morgan fingerprint density at radius 2 is 1.95 bits per heavy atom. The fourth-order valence-electron chi connectivity index (χ4n) is 1.95. The highest BCUT2D eigenvalue weighted by Gasteiger charge is 2.08. The van der Waals surface area contributed by atoms with Crippen molar-refractivity contribution in [1.82, 2.24) is 5.32 Å². The van der Waals surface area contributed by atoms with Crippen LogP contribution in [0.4, 0.5) is 5.69 Å². The van der Waals surface area contributed by atoms with E-state index in [0.717, 1.165) is 13.0 Å². The summed E-state index contributed by atoms with van der Waals surface area (Å²) >= 11 is 0. The maximum Gasteiger partial charge on any atom is 0.225 e. The van der Waals surface area contributed by atoms with E-state index in [-0.39, 0.29) is 5.91 Å². The molecule has 0 aliphatic carbocycles. The van der Waals surface area contributed by atoms with Crippen LogP contribution in [0.3, 0.4) is 0 Å². The zero-order valence-electron chi connectivity index (χ0n) is 13.2. The van der Waals surface area contributed by atoms with E-state index in [4.69, 9.17) is 9.47 Å². The van der Waals surface area contributed by atoms with Crippen molar-refractivity contribution in [3.8, 4) is 11.5 Å². The average molecular weight is 294 g/mol. The van der Waals surface area contributed by atoms with E-state index in [0.29, 0.717) is 30.2 Å². The lowest BCUT2D eigenvalue weighted by atomic mass is 10.2. The summed E-state index contributed by atoms with van der Waals surface area (Å²) in [5, 5.41) is 6.13. The third-order valence-corrected chi connectivity index (χ3v) is 3.17. The normalized spacial score (nSPS) is 10.2. The minimum absolute atomic E-state index is 0.0375. The number of hydrogen-bond donors (Lipinski definition) is 2. The lowest BCUT2D eigenvalue weighted by Gasteiger charge is -2.12. The van der Waals surface area contributed by atoms with Crippen LogP contribution in [-0.4, -0.2) is 33.2 Å². The van der Waals surface area contributed by atoms with E-state index in [9.17, 15) is 4.79 Å². The number of benzene rings is 1. The lowest BCUT2D eigenvalue weighted by molar-refractivity contribution is -0.116. The van der Waals surface area contributed by atoms with Gasteiger partial charge in [0.25, 0.3) is 0 Å². The van der Waals surface area contributed by atoms with E-state index >= 15 is 0 Å². The van der Waals surface area contributed by atoms with Gasteiger partial charge in [0.05, 0.1) is 19.9 Å². The molecule has 0 aliphatic heterocycles. The maximum absolute atomic E-state index is 11.9. The van der Waals surface area contributed by atoms with Gasteiger partial charge in [-0.1, -0.05) is 19.8 Å². The van der Waals surface area contributed by atoms with Gasteiger partial charge in [-0.2, -0.15) is 0 Å². The van der Waals surface area contributed by atoms with Crippen molar-refractivity contribution >= 4 is 11.6 Å². The summed E-state index contributed by atoms with van der Waals surface area (Å²) in [6.45, 7) is 3.82. The molecular weight excluding hydrogens is 268 g/mol. The van der Waals surface area contributed by atoms with Gasteiger partial charge in [0.15, 0.2) is 0 Å². The maximum atomic E-state index is 11.9. The molecule has 1 aromatic carbocycles. The molecule has 2 N–H and O–H groups in total. The topological polar surface area (TPSA) is 59.6 Å². The van der Waals surface area contributed by atoms with Crippen molar-refractivity contribution in [2.45, 2.75) is 32.6 Å². The minimum atomic E-state index is -0.0375. The Bertz CT molecular complexity index is 436. The SMILES string of the molecule is CCCCCNCCC(=O)Nc1cc(OC)ccc1OC. The first-order chi connectivity index (χ1) is 10.2. The first kappa shape index (κ1) is 17.3. The predicted molar refractivity (Wildman–Crippen MR) is 85.2 cm³/mol. The van der Waals surface area contributed by atoms with Gasteiger partial charge < -0.3 is 20.1 Å². The molecule has 0 fully saturated rings. The fraction of sp³-hybridized carbons (Fsp3) is 0.562. The summed E-state index contributed by atoms with van der Waals surface area (Å²) in [7, 11) is 3.17. The zero-order valence-corrected chi connectivity index (χ0v) is 13.2. The molecule has 0 heterocycles. The Balaban J connectivity index is 2.39. The Morgan fingerprint density at radius 3 is 2.62 bits per heavy atom. The van der Waals surface area contributed by atoms with Crippen molar-refractivity contribution in [3.05, 3.63) is 18.2 Å². The molecule has 118 valence electrons. The Hall–Kier alpha value is -1.75. The van der Waals surface area contributed by atoms with Crippen LogP contribution in [-0.2, 0) is 4.79 Å². The Morgan fingerprint density at radius 1 is 1.14 bits per heavy atom. The number of nitrogens with one attached hydrogen (secondary N) is 2. The molecule has 0 aliphatic rings. The second kappa shape index (κ2) is 10.0. The molecular formula is C16H26N2O3. The molecule has 1 rings (SSSR count). The summed E-state index contributed by atoms with van der Waals surface area (Å²) in [5.74, 6) is 1.27. The number of anilines is 1. The number of amides is 1. The monoisotopic (exact) mass is 294 g/mol. The molecule has 0 saturated carbocycles. The second-order valence-corrected chi connectivity index (χ2v) is 4.82. The van der Waals surface area contributed by atoms with E-state index in [1.807, 2.05) is 0 Å². The minimum Gasteiger partial charge on any atom is -0.497 e. The number of unbranched alkanes of at least 4 members (excludes halogenated alkanes) is 2. The third kappa shape index (κ3) is 6.49. The van der Waals surface area contributed by atoms with Gasteiger partial charge in [-0.15, -0.1) is 0 Å². The highest BCUT2D eigenvalue weighted by atomic mass is 16.5. The van der Waals surface area contributed by atoms with Gasteiger partial charge in [0.1, 0.15) is 11.5 Å². The average Bonchev–Trinajstić information content (AvgIpc) is 2.50. The van der Waals surface area contributed by atoms with Gasteiger partial charge in [-0.3, -0.25) is 4.79 Å². The van der Waals surface area contributed by atoms with Gasteiger partial charge >= 0.3 is 0 Å². The van der Waals surface area contributed by atoms with E-state index in [1.165, 1.54) is 12.8 Å². The molecule has 1 aromatic rings.